The van der Waals surface area contributed by atoms with E-state index in [1.807, 2.05) is 18.3 Å². The van der Waals surface area contributed by atoms with E-state index in [9.17, 15) is 5.26 Å². The summed E-state index contributed by atoms with van der Waals surface area (Å²) < 4.78 is 7.77. The van der Waals surface area contributed by atoms with Crippen LogP contribution in [0, 0.1) is 11.3 Å². The van der Waals surface area contributed by atoms with E-state index in [1.54, 1.807) is 7.11 Å². The predicted molar refractivity (Wildman–Crippen MR) is 125 cm³/mol. The Kier molecular flexibility index (Phi) is 4.66. The van der Waals surface area contributed by atoms with Gasteiger partial charge in [-0.1, -0.05) is 18.2 Å². The lowest BCUT2D eigenvalue weighted by Gasteiger charge is -2.12. The summed E-state index contributed by atoms with van der Waals surface area (Å²) in [6.07, 6.45) is 6.76. The van der Waals surface area contributed by atoms with Gasteiger partial charge in [-0.15, -0.1) is 0 Å². The molecule has 1 aliphatic carbocycles. The van der Waals surface area contributed by atoms with Crippen LogP contribution in [0.4, 0.5) is 0 Å². The smallest absolute Gasteiger partial charge is 0.147 e. The summed E-state index contributed by atoms with van der Waals surface area (Å²) in [5.74, 6) is 0.635. The molecule has 6 rings (SSSR count). The number of nitrogens with zero attached hydrogens (tertiary/aromatic N) is 6. The topological polar surface area (TPSA) is 95.7 Å². The first kappa shape index (κ1) is 19.9. The van der Waals surface area contributed by atoms with Gasteiger partial charge in [0.05, 0.1) is 36.9 Å². The fourth-order valence-corrected chi connectivity index (χ4v) is 5.28. The van der Waals surface area contributed by atoms with Crippen LogP contribution in [0.5, 0.6) is 5.75 Å². The molecule has 2 unspecified atom stereocenters. The third-order valence-electron chi connectivity index (χ3n) is 7.02. The van der Waals surface area contributed by atoms with Crippen LogP contribution in [0.1, 0.15) is 35.9 Å². The van der Waals surface area contributed by atoms with Crippen LogP contribution in [-0.2, 0) is 6.42 Å². The molecule has 2 atom stereocenters. The van der Waals surface area contributed by atoms with Crippen molar-refractivity contribution in [1.82, 2.24) is 29.9 Å². The first-order valence-electron chi connectivity index (χ1n) is 11.3. The molecule has 166 valence electrons. The van der Waals surface area contributed by atoms with Crippen molar-refractivity contribution in [1.29, 1.82) is 5.26 Å². The lowest BCUT2D eigenvalue weighted by Crippen LogP contribution is -2.16. The molecule has 1 aromatic carbocycles. The normalized spacial score (nSPS) is 20.3. The van der Waals surface area contributed by atoms with E-state index in [2.05, 4.69) is 56.3 Å². The van der Waals surface area contributed by atoms with Crippen molar-refractivity contribution in [3.63, 3.8) is 0 Å². The molecule has 0 saturated carbocycles. The van der Waals surface area contributed by atoms with Gasteiger partial charge in [-0.05, 0) is 44.0 Å². The largest absolute Gasteiger partial charge is 0.494 e. The van der Waals surface area contributed by atoms with Gasteiger partial charge >= 0.3 is 0 Å². The van der Waals surface area contributed by atoms with Crippen molar-refractivity contribution in [2.24, 2.45) is 0 Å². The van der Waals surface area contributed by atoms with Gasteiger partial charge in [-0.25, -0.2) is 4.98 Å². The SMILES string of the molecule is COc1cc2[nH]nc(-c3cnn(C4CCN(C)C4)c3)c2nc1-c1cccc2c1CCC2C#N. The highest BCUT2D eigenvalue weighted by Gasteiger charge is 2.27. The van der Waals surface area contributed by atoms with Gasteiger partial charge in [0.15, 0.2) is 0 Å². The molecule has 8 heteroatoms. The quantitative estimate of drug-likeness (QED) is 0.518. The highest BCUT2D eigenvalue weighted by atomic mass is 16.5. The second-order valence-corrected chi connectivity index (χ2v) is 9.02. The summed E-state index contributed by atoms with van der Waals surface area (Å²) in [6, 6.07) is 10.9. The van der Waals surface area contributed by atoms with E-state index >= 15 is 0 Å². The Hall–Kier alpha value is -3.70. The zero-order valence-electron chi connectivity index (χ0n) is 18.7. The van der Waals surface area contributed by atoms with E-state index < -0.39 is 0 Å². The number of methoxy groups -OCH3 is 1. The van der Waals surface area contributed by atoms with Crippen molar-refractivity contribution in [3.05, 3.63) is 47.8 Å². The molecule has 0 spiro atoms. The number of likely N-dealkylation sites (tertiary alicyclic amines) is 1. The van der Waals surface area contributed by atoms with Crippen LogP contribution in [0.3, 0.4) is 0 Å². The average Bonchev–Trinajstić information content (AvgIpc) is 3.62. The molecule has 1 aliphatic heterocycles. The number of rotatable bonds is 4. The summed E-state index contributed by atoms with van der Waals surface area (Å²) in [7, 11) is 3.80. The van der Waals surface area contributed by atoms with Crippen molar-refractivity contribution >= 4 is 11.0 Å². The minimum absolute atomic E-state index is 0.0559. The van der Waals surface area contributed by atoms with E-state index in [1.165, 1.54) is 5.56 Å². The van der Waals surface area contributed by atoms with Crippen LogP contribution in [-0.4, -0.2) is 57.1 Å². The summed E-state index contributed by atoms with van der Waals surface area (Å²) >= 11 is 0. The molecule has 3 aromatic heterocycles. The molecule has 1 fully saturated rings. The Bertz CT molecular complexity index is 1400. The third kappa shape index (κ3) is 3.19. The summed E-state index contributed by atoms with van der Waals surface area (Å²) in [5, 5.41) is 21.9. The number of nitriles is 1. The molecule has 0 bridgehead atoms. The number of hydrogen-bond acceptors (Lipinski definition) is 6. The molecule has 4 heterocycles. The molecule has 1 N–H and O–H groups in total. The Morgan fingerprint density at radius 2 is 2.15 bits per heavy atom. The van der Waals surface area contributed by atoms with Crippen molar-refractivity contribution < 1.29 is 4.74 Å². The lowest BCUT2D eigenvalue weighted by molar-refractivity contribution is 0.382. The van der Waals surface area contributed by atoms with Gasteiger partial charge in [0.25, 0.3) is 0 Å². The Labute approximate surface area is 191 Å². The molecule has 1 saturated heterocycles. The van der Waals surface area contributed by atoms with Crippen LogP contribution in [0.15, 0.2) is 36.7 Å². The van der Waals surface area contributed by atoms with Gasteiger partial charge in [-0.3, -0.25) is 9.78 Å². The number of likely N-dealkylation sites (N-methyl/N-ethyl adjacent to an activating group) is 1. The summed E-state index contributed by atoms with van der Waals surface area (Å²) in [6.45, 7) is 2.09. The second-order valence-electron chi connectivity index (χ2n) is 9.02. The molecule has 8 nitrogen and oxygen atoms in total. The summed E-state index contributed by atoms with van der Waals surface area (Å²) in [4.78, 5) is 7.38. The zero-order valence-corrected chi connectivity index (χ0v) is 18.7. The van der Waals surface area contributed by atoms with E-state index in [-0.39, 0.29) is 5.92 Å². The predicted octanol–water partition coefficient (Wildman–Crippen LogP) is 3.93. The van der Waals surface area contributed by atoms with Gasteiger partial charge in [-0.2, -0.15) is 15.5 Å². The first-order chi connectivity index (χ1) is 16.2. The van der Waals surface area contributed by atoms with Gasteiger partial charge in [0.2, 0.25) is 0 Å². The minimum Gasteiger partial charge on any atom is -0.494 e. The molecular formula is C25H25N7O. The van der Waals surface area contributed by atoms with Crippen LogP contribution >= 0.6 is 0 Å². The fraction of sp³-hybridized carbons (Fsp3) is 0.360. The molecule has 0 amide bonds. The van der Waals surface area contributed by atoms with E-state index in [0.29, 0.717) is 11.8 Å². The highest BCUT2D eigenvalue weighted by molar-refractivity contribution is 5.92. The highest BCUT2D eigenvalue weighted by Crippen LogP contribution is 2.42. The molecular weight excluding hydrogens is 414 g/mol. The minimum atomic E-state index is -0.0559. The van der Waals surface area contributed by atoms with Crippen LogP contribution < -0.4 is 4.74 Å². The average molecular weight is 440 g/mol. The van der Waals surface area contributed by atoms with Crippen molar-refractivity contribution in [2.45, 2.75) is 31.2 Å². The first-order valence-corrected chi connectivity index (χ1v) is 11.3. The summed E-state index contributed by atoms with van der Waals surface area (Å²) in [5.41, 5.74) is 7.46. The van der Waals surface area contributed by atoms with Crippen LogP contribution in [0.25, 0.3) is 33.5 Å². The molecule has 2 aliphatic rings. The monoisotopic (exact) mass is 439 g/mol. The van der Waals surface area contributed by atoms with Gasteiger partial charge < -0.3 is 9.64 Å². The second kappa shape index (κ2) is 7.71. The number of ether oxygens (including phenoxy) is 1. The Morgan fingerprint density at radius 1 is 1.24 bits per heavy atom. The molecule has 4 aromatic rings. The number of benzene rings is 1. The molecule has 0 radical (unpaired) electrons. The number of nitrogens with one attached hydrogen (secondary N) is 1. The standard InChI is InChI=1S/C25H25N7O/c1-31-9-8-17(14-31)32-13-16(12-27-32)23-25-21(29-30-23)10-22(33-2)24(28-25)20-5-3-4-18-15(11-26)6-7-19(18)20/h3-5,10,12-13,15,17H,6-9,14H2,1-2H3,(H,29,30). The number of aromatic nitrogens is 5. The maximum atomic E-state index is 9.53. The maximum absolute atomic E-state index is 9.53. The van der Waals surface area contributed by atoms with Gasteiger partial charge in [0, 0.05) is 29.9 Å². The van der Waals surface area contributed by atoms with Crippen molar-refractivity contribution in [2.75, 3.05) is 27.2 Å². The van der Waals surface area contributed by atoms with E-state index in [0.717, 1.165) is 71.5 Å². The number of pyridine rings is 1. The Morgan fingerprint density at radius 3 is 2.94 bits per heavy atom. The zero-order chi connectivity index (χ0) is 22.5. The number of hydrogen-bond donors (Lipinski definition) is 1. The number of H-pyrrole nitrogens is 1. The third-order valence-corrected chi connectivity index (χ3v) is 7.02. The fourth-order valence-electron chi connectivity index (χ4n) is 5.28. The number of aromatic amines is 1. The van der Waals surface area contributed by atoms with Crippen LogP contribution in [0.2, 0.25) is 0 Å². The lowest BCUT2D eigenvalue weighted by atomic mass is 9.97. The number of fused-ring (bicyclic) bond motifs is 2. The maximum Gasteiger partial charge on any atom is 0.147 e. The molecule has 33 heavy (non-hydrogen) atoms. The van der Waals surface area contributed by atoms with Gasteiger partial charge in [0.1, 0.15) is 22.7 Å². The Balaban J connectivity index is 1.46. The van der Waals surface area contributed by atoms with Crippen molar-refractivity contribution in [3.8, 4) is 34.3 Å². The van der Waals surface area contributed by atoms with E-state index in [4.69, 9.17) is 9.72 Å².